The predicted octanol–water partition coefficient (Wildman–Crippen LogP) is 5.15. The van der Waals surface area contributed by atoms with E-state index in [0.717, 1.165) is 31.9 Å². The maximum atomic E-state index is 5.70. The molecule has 0 aromatic heterocycles. The van der Waals surface area contributed by atoms with Crippen molar-refractivity contribution in [1.82, 2.24) is 0 Å². The molecule has 0 aliphatic rings. The number of rotatable bonds is 6. The fraction of sp³-hybridized carbons (Fsp3) is 0.278. The van der Waals surface area contributed by atoms with Crippen molar-refractivity contribution >= 4 is 34.5 Å². The van der Waals surface area contributed by atoms with Crippen LogP contribution >= 0.6 is 22.6 Å². The van der Waals surface area contributed by atoms with Crippen LogP contribution < -0.4 is 9.47 Å². The first-order chi connectivity index (χ1) is 10.7. The summed E-state index contributed by atoms with van der Waals surface area (Å²) in [6.07, 6.45) is 1.86. The average molecular weight is 409 g/mol. The third-order valence-corrected chi connectivity index (χ3v) is 3.89. The second-order valence-electron chi connectivity index (χ2n) is 4.74. The Bertz CT molecular complexity index is 668. The van der Waals surface area contributed by atoms with Crippen LogP contribution in [0.25, 0.3) is 0 Å². The SMILES string of the molecule is CCOc1cc(C=Nc2ccccc2C)cc(I)c1OCC. The van der Waals surface area contributed by atoms with Crippen LogP contribution in [0.2, 0.25) is 0 Å². The van der Waals surface area contributed by atoms with Gasteiger partial charge in [0.2, 0.25) is 0 Å². The van der Waals surface area contributed by atoms with Gasteiger partial charge in [0, 0.05) is 6.21 Å². The summed E-state index contributed by atoms with van der Waals surface area (Å²) in [7, 11) is 0. The molecule has 0 spiro atoms. The molecule has 0 N–H and O–H groups in total. The van der Waals surface area contributed by atoms with E-state index < -0.39 is 0 Å². The highest BCUT2D eigenvalue weighted by atomic mass is 127. The summed E-state index contributed by atoms with van der Waals surface area (Å²) in [5, 5.41) is 0. The lowest BCUT2D eigenvalue weighted by atomic mass is 10.2. The molecule has 0 heterocycles. The van der Waals surface area contributed by atoms with E-state index in [0.29, 0.717) is 13.2 Å². The third kappa shape index (κ3) is 4.22. The van der Waals surface area contributed by atoms with Gasteiger partial charge in [-0.2, -0.15) is 0 Å². The summed E-state index contributed by atoms with van der Waals surface area (Å²) in [5.41, 5.74) is 3.13. The van der Waals surface area contributed by atoms with Gasteiger partial charge >= 0.3 is 0 Å². The first-order valence-corrected chi connectivity index (χ1v) is 8.42. The maximum Gasteiger partial charge on any atom is 0.174 e. The Hall–Kier alpha value is -1.56. The Morgan fingerprint density at radius 3 is 2.50 bits per heavy atom. The zero-order valence-corrected chi connectivity index (χ0v) is 15.3. The maximum absolute atomic E-state index is 5.70. The molecule has 0 saturated heterocycles. The molecule has 0 atom stereocenters. The van der Waals surface area contributed by atoms with Crippen LogP contribution in [0.4, 0.5) is 5.69 Å². The van der Waals surface area contributed by atoms with Crippen LogP contribution in [0.3, 0.4) is 0 Å². The molecule has 2 rings (SSSR count). The summed E-state index contributed by atoms with van der Waals surface area (Å²) in [6.45, 7) is 7.22. The number of para-hydroxylation sites is 1. The predicted molar refractivity (Wildman–Crippen MR) is 99.9 cm³/mol. The van der Waals surface area contributed by atoms with Crippen molar-refractivity contribution in [2.45, 2.75) is 20.8 Å². The van der Waals surface area contributed by atoms with Crippen molar-refractivity contribution in [1.29, 1.82) is 0 Å². The van der Waals surface area contributed by atoms with Gasteiger partial charge in [-0.05, 0) is 72.7 Å². The van der Waals surface area contributed by atoms with E-state index in [4.69, 9.17) is 9.47 Å². The van der Waals surface area contributed by atoms with Gasteiger partial charge in [-0.3, -0.25) is 4.99 Å². The number of nitrogens with zero attached hydrogens (tertiary/aromatic N) is 1. The van der Waals surface area contributed by atoms with Crippen molar-refractivity contribution in [2.75, 3.05) is 13.2 Å². The first-order valence-electron chi connectivity index (χ1n) is 7.34. The molecule has 0 amide bonds. The molecular weight excluding hydrogens is 389 g/mol. The monoisotopic (exact) mass is 409 g/mol. The molecular formula is C18H20INO2. The van der Waals surface area contributed by atoms with E-state index in [1.165, 1.54) is 0 Å². The fourth-order valence-electron chi connectivity index (χ4n) is 2.06. The molecule has 0 fully saturated rings. The van der Waals surface area contributed by atoms with E-state index in [-0.39, 0.29) is 0 Å². The molecule has 4 heteroatoms. The third-order valence-electron chi connectivity index (χ3n) is 3.09. The normalized spacial score (nSPS) is 10.9. The van der Waals surface area contributed by atoms with Crippen LogP contribution in [-0.4, -0.2) is 19.4 Å². The molecule has 0 unspecified atom stereocenters. The summed E-state index contributed by atoms with van der Waals surface area (Å²) >= 11 is 2.27. The lowest BCUT2D eigenvalue weighted by Crippen LogP contribution is -2.01. The molecule has 2 aromatic carbocycles. The number of hydrogen-bond acceptors (Lipinski definition) is 3. The van der Waals surface area contributed by atoms with Crippen LogP contribution in [-0.2, 0) is 0 Å². The zero-order chi connectivity index (χ0) is 15.9. The Morgan fingerprint density at radius 2 is 1.82 bits per heavy atom. The van der Waals surface area contributed by atoms with Crippen molar-refractivity contribution in [2.24, 2.45) is 4.99 Å². The van der Waals surface area contributed by atoms with Gasteiger partial charge in [-0.25, -0.2) is 0 Å². The number of hydrogen-bond donors (Lipinski definition) is 0. The Kier molecular flexibility index (Phi) is 6.24. The number of aryl methyl sites for hydroxylation is 1. The lowest BCUT2D eigenvalue weighted by Gasteiger charge is -2.13. The van der Waals surface area contributed by atoms with Gasteiger partial charge in [-0.15, -0.1) is 0 Å². The van der Waals surface area contributed by atoms with E-state index in [2.05, 4.69) is 46.6 Å². The molecule has 0 aliphatic carbocycles. The van der Waals surface area contributed by atoms with Crippen LogP contribution in [0.15, 0.2) is 41.4 Å². The van der Waals surface area contributed by atoms with Crippen LogP contribution in [0.1, 0.15) is 25.0 Å². The van der Waals surface area contributed by atoms with E-state index in [1.54, 1.807) is 0 Å². The summed E-state index contributed by atoms with van der Waals surface area (Å²) in [4.78, 5) is 4.57. The average Bonchev–Trinajstić information content (AvgIpc) is 2.50. The topological polar surface area (TPSA) is 30.8 Å². The van der Waals surface area contributed by atoms with Crippen LogP contribution in [0, 0.1) is 10.5 Å². The second kappa shape index (κ2) is 8.17. The summed E-state index contributed by atoms with van der Waals surface area (Å²) in [5.74, 6) is 1.57. The van der Waals surface area contributed by atoms with Crippen LogP contribution in [0.5, 0.6) is 11.5 Å². The van der Waals surface area contributed by atoms with Gasteiger partial charge < -0.3 is 9.47 Å². The quantitative estimate of drug-likeness (QED) is 0.488. The van der Waals surface area contributed by atoms with Gasteiger partial charge in [0.15, 0.2) is 11.5 Å². The van der Waals surface area contributed by atoms with Gasteiger partial charge in [0.05, 0.1) is 22.5 Å². The minimum Gasteiger partial charge on any atom is -0.490 e. The van der Waals surface area contributed by atoms with E-state index >= 15 is 0 Å². The van der Waals surface area contributed by atoms with Crippen molar-refractivity contribution in [3.8, 4) is 11.5 Å². The molecule has 0 radical (unpaired) electrons. The molecule has 116 valence electrons. The van der Waals surface area contributed by atoms with Crippen molar-refractivity contribution in [3.05, 3.63) is 51.1 Å². The molecule has 0 saturated carbocycles. The zero-order valence-electron chi connectivity index (χ0n) is 13.1. The van der Waals surface area contributed by atoms with Crippen molar-refractivity contribution in [3.63, 3.8) is 0 Å². The molecule has 3 nitrogen and oxygen atoms in total. The fourth-order valence-corrected chi connectivity index (χ4v) is 2.84. The smallest absolute Gasteiger partial charge is 0.174 e. The van der Waals surface area contributed by atoms with Gasteiger partial charge in [0.25, 0.3) is 0 Å². The Labute approximate surface area is 145 Å². The van der Waals surface area contributed by atoms with Gasteiger partial charge in [-0.1, -0.05) is 18.2 Å². The number of halogens is 1. The highest BCUT2D eigenvalue weighted by Gasteiger charge is 2.11. The summed E-state index contributed by atoms with van der Waals surface area (Å²) < 4.78 is 12.4. The molecule has 2 aromatic rings. The Balaban J connectivity index is 2.34. The number of ether oxygens (including phenoxy) is 2. The minimum absolute atomic E-state index is 0.606. The largest absolute Gasteiger partial charge is 0.490 e. The van der Waals surface area contributed by atoms with Gasteiger partial charge in [0.1, 0.15) is 0 Å². The van der Waals surface area contributed by atoms with Crippen molar-refractivity contribution < 1.29 is 9.47 Å². The highest BCUT2D eigenvalue weighted by molar-refractivity contribution is 14.1. The Morgan fingerprint density at radius 1 is 1.09 bits per heavy atom. The first kappa shape index (κ1) is 16.8. The number of benzene rings is 2. The summed E-state index contributed by atoms with van der Waals surface area (Å²) in [6, 6.07) is 12.1. The van der Waals surface area contributed by atoms with E-state index in [1.807, 2.05) is 44.3 Å². The van der Waals surface area contributed by atoms with E-state index in [9.17, 15) is 0 Å². The number of aliphatic imine (C=N–C) groups is 1. The standard InChI is InChI=1S/C18H20INO2/c1-4-21-17-11-14(10-15(19)18(17)22-5-2)12-20-16-9-7-6-8-13(16)3/h6-12H,4-5H2,1-3H3. The minimum atomic E-state index is 0.606. The second-order valence-corrected chi connectivity index (χ2v) is 5.90. The highest BCUT2D eigenvalue weighted by Crippen LogP contribution is 2.34. The molecule has 0 aliphatic heterocycles. The lowest BCUT2D eigenvalue weighted by molar-refractivity contribution is 0.286. The molecule has 22 heavy (non-hydrogen) atoms. The molecule has 0 bridgehead atoms.